The normalized spacial score (nSPS) is 12.6. The van der Waals surface area contributed by atoms with Crippen LogP contribution < -0.4 is 5.73 Å². The number of benzene rings is 1. The number of ether oxygens (including phenoxy) is 1. The van der Waals surface area contributed by atoms with Crippen molar-refractivity contribution < 1.29 is 17.7 Å². The van der Waals surface area contributed by atoms with E-state index in [1.54, 1.807) is 0 Å². The van der Waals surface area contributed by atoms with Crippen molar-refractivity contribution in [1.82, 2.24) is 0 Å². The smallest absolute Gasteiger partial charge is 0.320 e. The summed E-state index contributed by atoms with van der Waals surface area (Å²) in [6.07, 6.45) is 0.698. The van der Waals surface area contributed by atoms with Crippen LogP contribution in [0.15, 0.2) is 35.3 Å². The van der Waals surface area contributed by atoms with Crippen LogP contribution in [0.25, 0.3) is 0 Å². The predicted octanol–water partition coefficient (Wildman–Crippen LogP) is 1.49. The standard InChI is InChI=1S/C12H18N2O4S2/c13-12(10-19-20(15,16)17)14-7-4-8-18-9-11-5-2-1-3-6-11/h1-3,5-6H,4,7-10H2,(H2,13,14)(H,15,16,17). The number of amidine groups is 1. The van der Waals surface area contributed by atoms with Crippen molar-refractivity contribution in [3.63, 3.8) is 0 Å². The molecule has 0 saturated carbocycles. The third-order valence-corrected chi connectivity index (χ3v) is 4.19. The zero-order valence-electron chi connectivity index (χ0n) is 10.9. The first-order valence-corrected chi connectivity index (χ1v) is 8.94. The summed E-state index contributed by atoms with van der Waals surface area (Å²) >= 11 is 0. The Balaban J connectivity index is 2.09. The molecule has 20 heavy (non-hydrogen) atoms. The van der Waals surface area contributed by atoms with Crippen molar-refractivity contribution in [3.8, 4) is 0 Å². The quantitative estimate of drug-likeness (QED) is 0.235. The molecule has 0 spiro atoms. The van der Waals surface area contributed by atoms with E-state index in [9.17, 15) is 8.42 Å². The number of nitrogens with two attached hydrogens (primary N) is 1. The highest BCUT2D eigenvalue weighted by Gasteiger charge is 2.06. The van der Waals surface area contributed by atoms with Gasteiger partial charge in [-0.2, -0.15) is 8.42 Å². The molecule has 0 aromatic heterocycles. The molecule has 0 atom stereocenters. The molecule has 1 aromatic rings. The first kappa shape index (κ1) is 17.0. The lowest BCUT2D eigenvalue weighted by Crippen LogP contribution is -2.16. The second-order valence-corrected chi connectivity index (χ2v) is 7.31. The highest BCUT2D eigenvalue weighted by molar-refractivity contribution is 8.70. The maximum absolute atomic E-state index is 10.5. The molecule has 8 heteroatoms. The van der Waals surface area contributed by atoms with E-state index >= 15 is 0 Å². The zero-order chi connectivity index (χ0) is 14.8. The summed E-state index contributed by atoms with van der Waals surface area (Å²) < 4.78 is 34.9. The Kier molecular flexibility index (Phi) is 7.60. The van der Waals surface area contributed by atoms with Crippen LogP contribution in [0.2, 0.25) is 0 Å². The lowest BCUT2D eigenvalue weighted by Gasteiger charge is -2.03. The molecule has 1 rings (SSSR count). The van der Waals surface area contributed by atoms with Crippen LogP contribution in [0.4, 0.5) is 0 Å². The maximum atomic E-state index is 10.5. The van der Waals surface area contributed by atoms with Crippen LogP contribution in [0.1, 0.15) is 12.0 Å². The average molecular weight is 318 g/mol. The zero-order valence-corrected chi connectivity index (χ0v) is 12.6. The molecule has 0 bridgehead atoms. The highest BCUT2D eigenvalue weighted by atomic mass is 33.1. The largest absolute Gasteiger partial charge is 0.387 e. The highest BCUT2D eigenvalue weighted by Crippen LogP contribution is 2.07. The van der Waals surface area contributed by atoms with Gasteiger partial charge in [0.1, 0.15) is 5.84 Å². The third kappa shape index (κ3) is 8.92. The summed E-state index contributed by atoms with van der Waals surface area (Å²) in [7, 11) is -3.71. The Hall–Kier alpha value is -1.09. The molecule has 0 amide bonds. The molecule has 0 heterocycles. The van der Waals surface area contributed by atoms with Crippen LogP contribution >= 0.6 is 10.8 Å². The van der Waals surface area contributed by atoms with Gasteiger partial charge in [0.25, 0.3) is 0 Å². The van der Waals surface area contributed by atoms with Crippen LogP contribution in [-0.4, -0.2) is 37.7 Å². The fourth-order valence-corrected chi connectivity index (χ4v) is 2.50. The Morgan fingerprint density at radius 3 is 2.70 bits per heavy atom. The molecule has 112 valence electrons. The third-order valence-electron chi connectivity index (χ3n) is 2.23. The van der Waals surface area contributed by atoms with Crippen molar-refractivity contribution in [1.29, 1.82) is 0 Å². The van der Waals surface area contributed by atoms with Gasteiger partial charge in [0, 0.05) is 23.9 Å². The second kappa shape index (κ2) is 8.96. The molecule has 0 fully saturated rings. The first-order valence-electron chi connectivity index (χ1n) is 5.99. The summed E-state index contributed by atoms with van der Waals surface area (Å²) in [5.74, 6) is 0.152. The monoisotopic (exact) mass is 318 g/mol. The van der Waals surface area contributed by atoms with E-state index in [1.807, 2.05) is 30.3 Å². The van der Waals surface area contributed by atoms with Gasteiger partial charge in [0.15, 0.2) is 0 Å². The minimum Gasteiger partial charge on any atom is -0.387 e. The van der Waals surface area contributed by atoms with Crippen molar-refractivity contribution in [3.05, 3.63) is 35.9 Å². The van der Waals surface area contributed by atoms with E-state index in [0.29, 0.717) is 37.0 Å². The summed E-state index contributed by atoms with van der Waals surface area (Å²) in [6, 6.07) is 9.84. The average Bonchev–Trinajstić information content (AvgIpc) is 2.41. The number of aliphatic imine (C=N–C) groups is 1. The van der Waals surface area contributed by atoms with Gasteiger partial charge in [-0.05, 0) is 12.0 Å². The van der Waals surface area contributed by atoms with Gasteiger partial charge >= 0.3 is 9.15 Å². The van der Waals surface area contributed by atoms with Crippen LogP contribution in [-0.2, 0) is 20.5 Å². The van der Waals surface area contributed by atoms with E-state index in [0.717, 1.165) is 5.56 Å². The molecule has 0 aliphatic rings. The fourth-order valence-electron chi connectivity index (χ4n) is 1.33. The van der Waals surface area contributed by atoms with Gasteiger partial charge in [-0.3, -0.25) is 9.55 Å². The Morgan fingerprint density at radius 1 is 1.35 bits per heavy atom. The molecule has 0 aliphatic heterocycles. The van der Waals surface area contributed by atoms with Crippen LogP contribution in [0.5, 0.6) is 0 Å². The molecule has 1 aromatic carbocycles. The Morgan fingerprint density at radius 2 is 2.05 bits per heavy atom. The van der Waals surface area contributed by atoms with E-state index in [2.05, 4.69) is 4.99 Å². The van der Waals surface area contributed by atoms with Gasteiger partial charge in [-0.25, -0.2) is 0 Å². The van der Waals surface area contributed by atoms with E-state index < -0.39 is 9.15 Å². The van der Waals surface area contributed by atoms with Gasteiger partial charge < -0.3 is 10.5 Å². The maximum Gasteiger partial charge on any atom is 0.320 e. The molecule has 0 saturated heterocycles. The molecular formula is C12H18N2O4S2. The minimum atomic E-state index is -4.06. The Labute approximate surface area is 122 Å². The molecule has 0 aliphatic carbocycles. The van der Waals surface area contributed by atoms with Crippen molar-refractivity contribution in [2.45, 2.75) is 13.0 Å². The number of rotatable bonds is 9. The number of nitrogens with zero attached hydrogens (tertiary/aromatic N) is 1. The van der Waals surface area contributed by atoms with Crippen LogP contribution in [0.3, 0.4) is 0 Å². The lowest BCUT2D eigenvalue weighted by atomic mass is 10.2. The molecule has 0 unspecified atom stereocenters. The van der Waals surface area contributed by atoms with Gasteiger partial charge in [-0.1, -0.05) is 30.3 Å². The van der Waals surface area contributed by atoms with Gasteiger partial charge in [0.05, 0.1) is 12.4 Å². The summed E-state index contributed by atoms with van der Waals surface area (Å²) in [5, 5.41) is 0. The summed E-state index contributed by atoms with van der Waals surface area (Å²) in [5.41, 5.74) is 6.61. The predicted molar refractivity (Wildman–Crippen MR) is 81.2 cm³/mol. The molecule has 6 nitrogen and oxygen atoms in total. The van der Waals surface area contributed by atoms with Gasteiger partial charge in [0.2, 0.25) is 0 Å². The van der Waals surface area contributed by atoms with Crippen molar-refractivity contribution >= 4 is 25.8 Å². The topological polar surface area (TPSA) is 102 Å². The lowest BCUT2D eigenvalue weighted by molar-refractivity contribution is 0.120. The summed E-state index contributed by atoms with van der Waals surface area (Å²) in [6.45, 7) is 1.57. The molecular weight excluding hydrogens is 300 g/mol. The summed E-state index contributed by atoms with van der Waals surface area (Å²) in [4.78, 5) is 3.99. The number of hydrogen-bond acceptors (Lipinski definition) is 5. The Bertz CT molecular complexity index is 518. The minimum absolute atomic E-state index is 0.0380. The fraction of sp³-hybridized carbons (Fsp3) is 0.417. The van der Waals surface area contributed by atoms with Crippen molar-refractivity contribution in [2.75, 3.05) is 18.9 Å². The molecule has 0 radical (unpaired) electrons. The molecule has 3 N–H and O–H groups in total. The van der Waals surface area contributed by atoms with E-state index in [1.165, 1.54) is 0 Å². The van der Waals surface area contributed by atoms with Crippen LogP contribution in [0, 0.1) is 0 Å². The van der Waals surface area contributed by atoms with Gasteiger partial charge in [-0.15, -0.1) is 0 Å². The number of hydrogen-bond donors (Lipinski definition) is 2. The van der Waals surface area contributed by atoms with E-state index in [4.69, 9.17) is 15.0 Å². The second-order valence-electron chi connectivity index (χ2n) is 3.95. The SMILES string of the molecule is NC(CSS(=O)(=O)O)=NCCCOCc1ccccc1. The van der Waals surface area contributed by atoms with E-state index in [-0.39, 0.29) is 11.6 Å². The first-order chi connectivity index (χ1) is 9.47. The van der Waals surface area contributed by atoms with Crippen molar-refractivity contribution in [2.24, 2.45) is 10.7 Å².